The second-order valence-electron chi connectivity index (χ2n) is 3.00. The van der Waals surface area contributed by atoms with E-state index in [-0.39, 0.29) is 5.75 Å². The predicted molar refractivity (Wildman–Crippen MR) is 53.6 cm³/mol. The predicted octanol–water partition coefficient (Wildman–Crippen LogP) is 1.06. The van der Waals surface area contributed by atoms with Gasteiger partial charge in [0.2, 0.25) is 0 Å². The van der Waals surface area contributed by atoms with Crippen LogP contribution < -0.4 is 4.74 Å². The van der Waals surface area contributed by atoms with Crippen LogP contribution in [0, 0.1) is 0 Å². The second-order valence-corrected chi connectivity index (χ2v) is 3.00. The highest BCUT2D eigenvalue weighted by molar-refractivity contribution is 5.29. The molecule has 0 atom stereocenters. The quantitative estimate of drug-likeness (QED) is 0.810. The average molecular weight is 205 g/mol. The lowest BCUT2D eigenvalue weighted by molar-refractivity contribution is 0.290. The van der Waals surface area contributed by atoms with Crippen LogP contribution in [0.4, 0.5) is 0 Å². The zero-order chi connectivity index (χ0) is 10.5. The van der Waals surface area contributed by atoms with Gasteiger partial charge in [-0.2, -0.15) is 5.10 Å². The van der Waals surface area contributed by atoms with Gasteiger partial charge < -0.3 is 9.84 Å². The van der Waals surface area contributed by atoms with E-state index in [1.165, 1.54) is 6.33 Å². The van der Waals surface area contributed by atoms with Gasteiger partial charge in [-0.1, -0.05) is 0 Å². The number of phenolic OH excluding ortho intramolecular Hbond substituents is 1. The lowest BCUT2D eigenvalue weighted by Crippen LogP contribution is -2.08. The van der Waals surface area contributed by atoms with Crippen LogP contribution in [0.15, 0.2) is 36.9 Å². The lowest BCUT2D eigenvalue weighted by atomic mass is 10.3. The van der Waals surface area contributed by atoms with Crippen molar-refractivity contribution in [1.82, 2.24) is 14.8 Å². The summed E-state index contributed by atoms with van der Waals surface area (Å²) in [5.41, 5.74) is 0. The molecule has 0 fully saturated rings. The minimum atomic E-state index is 0.235. The Morgan fingerprint density at radius 1 is 1.27 bits per heavy atom. The van der Waals surface area contributed by atoms with E-state index < -0.39 is 0 Å². The molecule has 0 aliphatic heterocycles. The standard InChI is InChI=1S/C10H11N3O2/c14-9-1-3-10(4-2-9)15-6-5-13-8-11-7-12-13/h1-4,7-8,14H,5-6H2. The van der Waals surface area contributed by atoms with Crippen molar-refractivity contribution in [3.8, 4) is 11.5 Å². The maximum Gasteiger partial charge on any atom is 0.137 e. The summed E-state index contributed by atoms with van der Waals surface area (Å²) in [6.45, 7) is 1.18. The van der Waals surface area contributed by atoms with Crippen LogP contribution in [-0.4, -0.2) is 26.5 Å². The topological polar surface area (TPSA) is 60.2 Å². The van der Waals surface area contributed by atoms with Crippen LogP contribution in [0.5, 0.6) is 11.5 Å². The number of rotatable bonds is 4. The van der Waals surface area contributed by atoms with Crippen LogP contribution in [-0.2, 0) is 6.54 Å². The molecule has 1 N–H and O–H groups in total. The fourth-order valence-electron chi connectivity index (χ4n) is 1.15. The summed E-state index contributed by atoms with van der Waals surface area (Å²) in [7, 11) is 0. The van der Waals surface area contributed by atoms with Gasteiger partial charge in [-0.3, -0.25) is 0 Å². The number of nitrogens with zero attached hydrogens (tertiary/aromatic N) is 3. The van der Waals surface area contributed by atoms with E-state index in [1.54, 1.807) is 35.3 Å². The number of hydrogen-bond donors (Lipinski definition) is 1. The summed E-state index contributed by atoms with van der Waals surface area (Å²) < 4.78 is 7.13. The van der Waals surface area contributed by atoms with Crippen molar-refractivity contribution in [3.05, 3.63) is 36.9 Å². The molecule has 1 aromatic carbocycles. The number of aromatic hydroxyl groups is 1. The SMILES string of the molecule is Oc1ccc(OCCn2cncn2)cc1. The van der Waals surface area contributed by atoms with E-state index in [9.17, 15) is 0 Å². The summed E-state index contributed by atoms with van der Waals surface area (Å²) in [4.78, 5) is 3.82. The molecule has 15 heavy (non-hydrogen) atoms. The largest absolute Gasteiger partial charge is 0.508 e. The molecule has 5 nitrogen and oxygen atoms in total. The van der Waals surface area contributed by atoms with Crippen LogP contribution in [0.25, 0.3) is 0 Å². The van der Waals surface area contributed by atoms with Gasteiger partial charge in [0.15, 0.2) is 0 Å². The van der Waals surface area contributed by atoms with Crippen molar-refractivity contribution in [2.45, 2.75) is 6.54 Å². The smallest absolute Gasteiger partial charge is 0.137 e. The molecule has 0 bridgehead atoms. The van der Waals surface area contributed by atoms with E-state index in [0.29, 0.717) is 13.2 Å². The number of phenols is 1. The van der Waals surface area contributed by atoms with E-state index in [2.05, 4.69) is 10.1 Å². The first-order valence-corrected chi connectivity index (χ1v) is 4.59. The van der Waals surface area contributed by atoms with Crippen LogP contribution in [0.1, 0.15) is 0 Å². The monoisotopic (exact) mass is 205 g/mol. The van der Waals surface area contributed by atoms with Gasteiger partial charge in [-0.25, -0.2) is 9.67 Å². The molecule has 0 aliphatic carbocycles. The second kappa shape index (κ2) is 4.45. The fraction of sp³-hybridized carbons (Fsp3) is 0.200. The molecule has 0 saturated heterocycles. The van der Waals surface area contributed by atoms with Gasteiger partial charge in [-0.05, 0) is 24.3 Å². The molecular weight excluding hydrogens is 194 g/mol. The van der Waals surface area contributed by atoms with Crippen molar-refractivity contribution >= 4 is 0 Å². The number of aromatic nitrogens is 3. The van der Waals surface area contributed by atoms with Gasteiger partial charge in [0.25, 0.3) is 0 Å². The molecule has 0 saturated carbocycles. The third-order valence-corrected chi connectivity index (χ3v) is 1.89. The third kappa shape index (κ3) is 2.70. The highest BCUT2D eigenvalue weighted by atomic mass is 16.5. The van der Waals surface area contributed by atoms with Crippen molar-refractivity contribution in [1.29, 1.82) is 0 Å². The number of benzene rings is 1. The Bertz CT molecular complexity index is 397. The molecule has 0 amide bonds. The van der Waals surface area contributed by atoms with Crippen molar-refractivity contribution < 1.29 is 9.84 Å². The summed E-state index contributed by atoms with van der Waals surface area (Å²) in [6, 6.07) is 6.61. The molecule has 0 spiro atoms. The molecule has 2 rings (SSSR count). The Hall–Kier alpha value is -2.04. The Kier molecular flexibility index (Phi) is 2.82. The average Bonchev–Trinajstić information content (AvgIpc) is 2.74. The minimum absolute atomic E-state index is 0.235. The van der Waals surface area contributed by atoms with E-state index in [1.807, 2.05) is 0 Å². The van der Waals surface area contributed by atoms with Crippen molar-refractivity contribution in [3.63, 3.8) is 0 Å². The van der Waals surface area contributed by atoms with Gasteiger partial charge >= 0.3 is 0 Å². The lowest BCUT2D eigenvalue weighted by Gasteiger charge is -2.05. The molecule has 1 heterocycles. The van der Waals surface area contributed by atoms with Gasteiger partial charge in [0.1, 0.15) is 30.8 Å². The zero-order valence-electron chi connectivity index (χ0n) is 8.08. The maximum atomic E-state index is 9.05. The first-order chi connectivity index (χ1) is 7.34. The van der Waals surface area contributed by atoms with Gasteiger partial charge in [-0.15, -0.1) is 0 Å². The Balaban J connectivity index is 1.81. The molecule has 0 radical (unpaired) electrons. The van der Waals surface area contributed by atoms with Gasteiger partial charge in [0.05, 0.1) is 6.54 Å². The van der Waals surface area contributed by atoms with E-state index in [4.69, 9.17) is 9.84 Å². The summed E-state index contributed by atoms with van der Waals surface area (Å²) in [5.74, 6) is 0.964. The number of ether oxygens (including phenoxy) is 1. The van der Waals surface area contributed by atoms with Crippen molar-refractivity contribution in [2.75, 3.05) is 6.61 Å². The normalized spacial score (nSPS) is 10.1. The van der Waals surface area contributed by atoms with Gasteiger partial charge in [0, 0.05) is 0 Å². The molecule has 1 aromatic heterocycles. The summed E-state index contributed by atoms with van der Waals surface area (Å²) >= 11 is 0. The van der Waals surface area contributed by atoms with Crippen LogP contribution in [0.3, 0.4) is 0 Å². The summed E-state index contributed by atoms with van der Waals surface area (Å²) in [5, 5.41) is 13.0. The number of hydrogen-bond acceptors (Lipinski definition) is 4. The molecule has 0 unspecified atom stereocenters. The Morgan fingerprint density at radius 2 is 2.07 bits per heavy atom. The first kappa shape index (κ1) is 9.51. The summed E-state index contributed by atoms with van der Waals surface area (Å²) in [6.07, 6.45) is 3.13. The molecular formula is C10H11N3O2. The van der Waals surface area contributed by atoms with Crippen LogP contribution in [0.2, 0.25) is 0 Å². The highest BCUT2D eigenvalue weighted by Crippen LogP contribution is 2.15. The maximum absolute atomic E-state index is 9.05. The fourth-order valence-corrected chi connectivity index (χ4v) is 1.15. The Morgan fingerprint density at radius 3 is 2.73 bits per heavy atom. The van der Waals surface area contributed by atoms with Crippen LogP contribution >= 0.6 is 0 Å². The van der Waals surface area contributed by atoms with E-state index >= 15 is 0 Å². The van der Waals surface area contributed by atoms with Crippen molar-refractivity contribution in [2.24, 2.45) is 0 Å². The molecule has 0 aliphatic rings. The molecule has 5 heteroatoms. The molecule has 78 valence electrons. The van der Waals surface area contributed by atoms with E-state index in [0.717, 1.165) is 5.75 Å². The first-order valence-electron chi connectivity index (χ1n) is 4.59. The highest BCUT2D eigenvalue weighted by Gasteiger charge is 1.95. The minimum Gasteiger partial charge on any atom is -0.508 e. The Labute approximate surface area is 87.0 Å². The third-order valence-electron chi connectivity index (χ3n) is 1.89. The zero-order valence-corrected chi connectivity index (χ0v) is 8.08. The molecule has 2 aromatic rings.